The number of hydrogen-bond donors (Lipinski definition) is 0. The van der Waals surface area contributed by atoms with E-state index in [1.54, 1.807) is 30.3 Å². The van der Waals surface area contributed by atoms with Gasteiger partial charge in [-0.15, -0.1) is 11.3 Å². The van der Waals surface area contributed by atoms with Crippen LogP contribution in [0.3, 0.4) is 0 Å². The molecular formula is C19H15FO5S. The lowest BCUT2D eigenvalue weighted by molar-refractivity contribution is 0.0479. The lowest BCUT2D eigenvalue weighted by Crippen LogP contribution is -2.14. The molecule has 0 bridgehead atoms. The molecular weight excluding hydrogens is 359 g/mol. The third-order valence-electron chi connectivity index (χ3n) is 3.72. The van der Waals surface area contributed by atoms with Gasteiger partial charge in [-0.3, -0.25) is 4.79 Å². The summed E-state index contributed by atoms with van der Waals surface area (Å²) in [7, 11) is 2.95. The van der Waals surface area contributed by atoms with Crippen molar-refractivity contribution >= 4 is 33.2 Å². The topological polar surface area (TPSA) is 61.8 Å². The van der Waals surface area contributed by atoms with Crippen LogP contribution in [0.5, 0.6) is 11.5 Å². The van der Waals surface area contributed by atoms with E-state index in [9.17, 15) is 14.0 Å². The Morgan fingerprint density at radius 3 is 2.58 bits per heavy atom. The number of halogens is 1. The quantitative estimate of drug-likeness (QED) is 0.480. The van der Waals surface area contributed by atoms with Crippen molar-refractivity contribution < 1.29 is 28.2 Å². The highest BCUT2D eigenvalue weighted by molar-refractivity contribution is 7.20. The van der Waals surface area contributed by atoms with Crippen LogP contribution in [0.4, 0.5) is 4.39 Å². The first-order valence-electron chi connectivity index (χ1n) is 7.63. The van der Waals surface area contributed by atoms with Gasteiger partial charge in [0.05, 0.1) is 19.8 Å². The molecule has 3 aromatic rings. The van der Waals surface area contributed by atoms with E-state index in [1.165, 1.54) is 37.7 Å². The molecule has 1 heterocycles. The molecule has 0 N–H and O–H groups in total. The molecule has 0 saturated carbocycles. The summed E-state index contributed by atoms with van der Waals surface area (Å²) in [4.78, 5) is 24.8. The molecule has 0 spiro atoms. The van der Waals surface area contributed by atoms with E-state index in [-0.39, 0.29) is 5.82 Å². The molecule has 0 aliphatic heterocycles. The minimum atomic E-state index is -0.632. The Morgan fingerprint density at radius 2 is 1.85 bits per heavy atom. The number of ketones is 1. The van der Waals surface area contributed by atoms with Crippen LogP contribution in [-0.4, -0.2) is 32.6 Å². The molecule has 5 nitrogen and oxygen atoms in total. The van der Waals surface area contributed by atoms with Gasteiger partial charge in [0.25, 0.3) is 0 Å². The summed E-state index contributed by atoms with van der Waals surface area (Å²) < 4.78 is 29.4. The number of thiophene rings is 1. The maximum absolute atomic E-state index is 13.2. The van der Waals surface area contributed by atoms with Gasteiger partial charge in [0.1, 0.15) is 22.2 Å². The second kappa shape index (κ2) is 7.53. The smallest absolute Gasteiger partial charge is 0.348 e. The Bertz CT molecular complexity index is 979. The summed E-state index contributed by atoms with van der Waals surface area (Å²) in [5.74, 6) is -0.523. The Hall–Kier alpha value is -2.93. The van der Waals surface area contributed by atoms with Crippen molar-refractivity contribution in [1.82, 2.24) is 0 Å². The molecule has 0 radical (unpaired) electrons. The van der Waals surface area contributed by atoms with Crippen LogP contribution in [0.25, 0.3) is 10.1 Å². The number of Topliss-reactive ketones (excluding diaryl/α,β-unsaturated/α-hetero) is 1. The molecule has 3 rings (SSSR count). The average Bonchev–Trinajstić information content (AvgIpc) is 3.08. The van der Waals surface area contributed by atoms with Crippen LogP contribution in [0.15, 0.2) is 42.5 Å². The van der Waals surface area contributed by atoms with Crippen LogP contribution in [0, 0.1) is 5.82 Å². The molecule has 2 aromatic carbocycles. The number of hydrogen-bond acceptors (Lipinski definition) is 6. The minimum Gasteiger partial charge on any atom is -0.497 e. The molecule has 1 aromatic heterocycles. The van der Waals surface area contributed by atoms with Gasteiger partial charge in [-0.1, -0.05) is 0 Å². The van der Waals surface area contributed by atoms with Crippen molar-refractivity contribution in [1.29, 1.82) is 0 Å². The molecule has 134 valence electrons. The summed E-state index contributed by atoms with van der Waals surface area (Å²) in [6, 6.07) is 10.6. The highest BCUT2D eigenvalue weighted by Gasteiger charge is 2.18. The van der Waals surface area contributed by atoms with Crippen molar-refractivity contribution in [3.8, 4) is 11.5 Å². The Balaban J connectivity index is 1.71. The Morgan fingerprint density at radius 1 is 1.04 bits per heavy atom. The number of methoxy groups -OCH3 is 2. The van der Waals surface area contributed by atoms with E-state index in [4.69, 9.17) is 14.2 Å². The van der Waals surface area contributed by atoms with Crippen LogP contribution in [0.2, 0.25) is 0 Å². The van der Waals surface area contributed by atoms with Gasteiger partial charge in [-0.25, -0.2) is 9.18 Å². The van der Waals surface area contributed by atoms with Gasteiger partial charge in [0.15, 0.2) is 6.61 Å². The van der Waals surface area contributed by atoms with E-state index in [0.717, 1.165) is 4.70 Å². The number of esters is 1. The van der Waals surface area contributed by atoms with Crippen molar-refractivity contribution in [2.45, 2.75) is 0 Å². The molecule has 0 aliphatic rings. The number of benzene rings is 2. The number of carbonyl (C=O) groups is 2. The highest BCUT2D eigenvalue weighted by Crippen LogP contribution is 2.27. The number of carbonyl (C=O) groups excluding carboxylic acids is 2. The lowest BCUT2D eigenvalue weighted by atomic mass is 10.1. The van der Waals surface area contributed by atoms with E-state index in [2.05, 4.69) is 0 Å². The Labute approximate surface area is 152 Å². The molecule has 0 aliphatic carbocycles. The maximum atomic E-state index is 13.2. The SMILES string of the molecule is COc1ccc(C(=O)COC(=O)c2cc3cc(F)ccc3s2)c(OC)c1. The molecule has 0 atom stereocenters. The van der Waals surface area contributed by atoms with Gasteiger partial charge in [-0.2, -0.15) is 0 Å². The lowest BCUT2D eigenvalue weighted by Gasteiger charge is -2.09. The van der Waals surface area contributed by atoms with Crippen molar-refractivity contribution in [2.75, 3.05) is 20.8 Å². The predicted molar refractivity (Wildman–Crippen MR) is 95.9 cm³/mol. The number of ether oxygens (including phenoxy) is 3. The first-order valence-corrected chi connectivity index (χ1v) is 8.45. The zero-order chi connectivity index (χ0) is 18.7. The molecule has 7 heteroatoms. The summed E-state index contributed by atoms with van der Waals surface area (Å²) in [6.45, 7) is -0.426. The zero-order valence-electron chi connectivity index (χ0n) is 14.1. The Kier molecular flexibility index (Phi) is 5.18. The fraction of sp³-hybridized carbons (Fsp3) is 0.158. The van der Waals surface area contributed by atoms with E-state index < -0.39 is 18.4 Å². The van der Waals surface area contributed by atoms with Gasteiger partial charge in [-0.05, 0) is 41.8 Å². The number of fused-ring (bicyclic) bond motifs is 1. The van der Waals surface area contributed by atoms with E-state index in [1.807, 2.05) is 0 Å². The second-order valence-electron chi connectivity index (χ2n) is 5.36. The third-order valence-corrected chi connectivity index (χ3v) is 4.82. The van der Waals surface area contributed by atoms with Gasteiger partial charge in [0, 0.05) is 10.8 Å². The fourth-order valence-corrected chi connectivity index (χ4v) is 3.36. The predicted octanol–water partition coefficient (Wildman–Crippen LogP) is 4.10. The van der Waals surface area contributed by atoms with Crippen molar-refractivity contribution in [3.05, 3.63) is 58.7 Å². The highest BCUT2D eigenvalue weighted by atomic mass is 32.1. The van der Waals surface area contributed by atoms with Crippen LogP contribution >= 0.6 is 11.3 Å². The van der Waals surface area contributed by atoms with Crippen LogP contribution < -0.4 is 9.47 Å². The second-order valence-corrected chi connectivity index (χ2v) is 6.44. The van der Waals surface area contributed by atoms with Crippen LogP contribution in [-0.2, 0) is 4.74 Å². The van der Waals surface area contributed by atoms with Gasteiger partial charge >= 0.3 is 5.97 Å². The molecule has 0 fully saturated rings. The zero-order valence-corrected chi connectivity index (χ0v) is 14.9. The molecule has 0 amide bonds. The van der Waals surface area contributed by atoms with Crippen molar-refractivity contribution in [2.24, 2.45) is 0 Å². The molecule has 26 heavy (non-hydrogen) atoms. The van der Waals surface area contributed by atoms with Gasteiger partial charge in [0.2, 0.25) is 5.78 Å². The standard InChI is InChI=1S/C19H15FO5S/c1-23-13-4-5-14(16(9-13)24-2)15(21)10-25-19(22)18-8-11-7-12(20)3-6-17(11)26-18/h3-9H,10H2,1-2H3. The monoisotopic (exact) mass is 374 g/mol. The molecule has 0 saturated heterocycles. The first kappa shape index (κ1) is 17.9. The average molecular weight is 374 g/mol. The minimum absolute atomic E-state index is 0.291. The summed E-state index contributed by atoms with van der Waals surface area (Å²) >= 11 is 1.18. The first-order chi connectivity index (χ1) is 12.5. The van der Waals surface area contributed by atoms with Crippen molar-refractivity contribution in [3.63, 3.8) is 0 Å². The fourth-order valence-electron chi connectivity index (χ4n) is 2.42. The van der Waals surface area contributed by atoms with Gasteiger partial charge < -0.3 is 14.2 Å². The number of rotatable bonds is 6. The summed E-state index contributed by atoms with van der Waals surface area (Å²) in [5, 5.41) is 0.616. The normalized spacial score (nSPS) is 10.6. The van der Waals surface area contributed by atoms with Crippen LogP contribution in [0.1, 0.15) is 20.0 Å². The third kappa shape index (κ3) is 3.67. The molecule has 0 unspecified atom stereocenters. The summed E-state index contributed by atoms with van der Waals surface area (Å²) in [5.41, 5.74) is 0.291. The maximum Gasteiger partial charge on any atom is 0.348 e. The summed E-state index contributed by atoms with van der Waals surface area (Å²) in [6.07, 6.45) is 0. The van der Waals surface area contributed by atoms with E-state index in [0.29, 0.717) is 27.3 Å². The van der Waals surface area contributed by atoms with E-state index >= 15 is 0 Å². The largest absolute Gasteiger partial charge is 0.497 e.